The van der Waals surface area contributed by atoms with Gasteiger partial charge in [0.1, 0.15) is 0 Å². The molecule has 0 unspecified atom stereocenters. The molecule has 0 saturated carbocycles. The predicted molar refractivity (Wildman–Crippen MR) is 53.4 cm³/mol. The van der Waals surface area contributed by atoms with Gasteiger partial charge in [0.05, 0.1) is 0 Å². The third-order valence-electron chi connectivity index (χ3n) is 3.08. The summed E-state index contributed by atoms with van der Waals surface area (Å²) in [7, 11) is 0. The number of rotatable bonds is 0. The van der Waals surface area contributed by atoms with Crippen LogP contribution in [0, 0.1) is 5.41 Å². The molecule has 0 spiro atoms. The summed E-state index contributed by atoms with van der Waals surface area (Å²) in [5, 5.41) is 0. The zero-order valence-corrected chi connectivity index (χ0v) is 8.39. The third kappa shape index (κ3) is 1.74. The second-order valence-corrected chi connectivity index (χ2v) is 4.95. The lowest BCUT2D eigenvalue weighted by Crippen LogP contribution is -2.20. The molecule has 0 aromatic carbocycles. The van der Waals surface area contributed by atoms with Gasteiger partial charge in [0.2, 0.25) is 0 Å². The number of allylic oxidation sites excluding steroid dienone is 4. The van der Waals surface area contributed by atoms with E-state index in [9.17, 15) is 4.79 Å². The van der Waals surface area contributed by atoms with E-state index >= 15 is 0 Å². The molecular formula is C12H16O. The van der Waals surface area contributed by atoms with Crippen molar-refractivity contribution in [1.29, 1.82) is 0 Å². The van der Waals surface area contributed by atoms with Gasteiger partial charge in [0.25, 0.3) is 0 Å². The van der Waals surface area contributed by atoms with E-state index in [-0.39, 0.29) is 5.78 Å². The minimum atomic E-state index is 0.274. The summed E-state index contributed by atoms with van der Waals surface area (Å²) in [4.78, 5) is 11.2. The van der Waals surface area contributed by atoms with Crippen LogP contribution in [0.25, 0.3) is 0 Å². The molecular weight excluding hydrogens is 160 g/mol. The predicted octanol–water partition coefficient (Wildman–Crippen LogP) is 3.02. The van der Waals surface area contributed by atoms with Crippen LogP contribution in [0.5, 0.6) is 0 Å². The Labute approximate surface area is 79.5 Å². The van der Waals surface area contributed by atoms with Gasteiger partial charge in [-0.25, -0.2) is 0 Å². The molecule has 0 aromatic heterocycles. The molecule has 0 heterocycles. The molecule has 0 atom stereocenters. The van der Waals surface area contributed by atoms with Crippen molar-refractivity contribution < 1.29 is 4.79 Å². The molecule has 2 rings (SSSR count). The monoisotopic (exact) mass is 176 g/mol. The Hall–Kier alpha value is -0.850. The standard InChI is InChI=1S/C12H16O/c1-12(2)6-5-9-3-4-11(13)7-10(9)8-12/h3-4H,5-8H2,1-2H3. The van der Waals surface area contributed by atoms with Crippen LogP contribution < -0.4 is 0 Å². The SMILES string of the molecule is CC1(C)CCC2=C(CC(=O)C=C2)C1. The lowest BCUT2D eigenvalue weighted by atomic mass is 9.72. The van der Waals surface area contributed by atoms with Crippen LogP contribution >= 0.6 is 0 Å². The zero-order valence-electron chi connectivity index (χ0n) is 8.39. The summed E-state index contributed by atoms with van der Waals surface area (Å²) < 4.78 is 0. The summed E-state index contributed by atoms with van der Waals surface area (Å²) in [6.45, 7) is 4.58. The maximum Gasteiger partial charge on any atom is 0.159 e. The van der Waals surface area contributed by atoms with Crippen molar-refractivity contribution in [3.05, 3.63) is 23.3 Å². The maximum absolute atomic E-state index is 11.2. The van der Waals surface area contributed by atoms with Gasteiger partial charge < -0.3 is 0 Å². The molecule has 0 aromatic rings. The van der Waals surface area contributed by atoms with Crippen LogP contribution in [-0.2, 0) is 4.79 Å². The Morgan fingerprint density at radius 3 is 2.85 bits per heavy atom. The molecule has 2 aliphatic rings. The fourth-order valence-electron chi connectivity index (χ4n) is 2.27. The minimum Gasteiger partial charge on any atom is -0.294 e. The van der Waals surface area contributed by atoms with Crippen molar-refractivity contribution in [2.75, 3.05) is 0 Å². The fraction of sp³-hybridized carbons (Fsp3) is 0.583. The minimum absolute atomic E-state index is 0.274. The van der Waals surface area contributed by atoms with Gasteiger partial charge in [-0.05, 0) is 36.3 Å². The van der Waals surface area contributed by atoms with E-state index in [1.807, 2.05) is 6.08 Å². The Kier molecular flexibility index (Phi) is 1.90. The van der Waals surface area contributed by atoms with Gasteiger partial charge in [0, 0.05) is 6.42 Å². The third-order valence-corrected chi connectivity index (χ3v) is 3.08. The Morgan fingerprint density at radius 2 is 2.08 bits per heavy atom. The summed E-state index contributed by atoms with van der Waals surface area (Å²) in [5.41, 5.74) is 3.23. The molecule has 1 nitrogen and oxygen atoms in total. The van der Waals surface area contributed by atoms with Gasteiger partial charge in [-0.2, -0.15) is 0 Å². The van der Waals surface area contributed by atoms with E-state index in [4.69, 9.17) is 0 Å². The van der Waals surface area contributed by atoms with E-state index in [2.05, 4.69) is 13.8 Å². The maximum atomic E-state index is 11.2. The topological polar surface area (TPSA) is 17.1 Å². The highest BCUT2D eigenvalue weighted by Gasteiger charge is 2.28. The highest BCUT2D eigenvalue weighted by Crippen LogP contribution is 2.41. The molecule has 2 aliphatic carbocycles. The normalized spacial score (nSPS) is 26.2. The molecule has 0 N–H and O–H groups in total. The van der Waals surface area contributed by atoms with Crippen molar-refractivity contribution >= 4 is 5.78 Å². The Morgan fingerprint density at radius 1 is 1.31 bits per heavy atom. The quantitative estimate of drug-likeness (QED) is 0.554. The first-order valence-electron chi connectivity index (χ1n) is 4.99. The first kappa shape index (κ1) is 8.74. The van der Waals surface area contributed by atoms with Gasteiger partial charge in [0.15, 0.2) is 5.78 Å². The summed E-state index contributed by atoms with van der Waals surface area (Å²) >= 11 is 0. The van der Waals surface area contributed by atoms with E-state index in [1.54, 1.807) is 6.08 Å². The Bertz CT molecular complexity index is 305. The van der Waals surface area contributed by atoms with Crippen LogP contribution in [0.3, 0.4) is 0 Å². The van der Waals surface area contributed by atoms with Crippen molar-refractivity contribution in [1.82, 2.24) is 0 Å². The van der Waals surface area contributed by atoms with E-state index in [0.29, 0.717) is 11.8 Å². The molecule has 0 saturated heterocycles. The number of carbonyl (C=O) groups excluding carboxylic acids is 1. The lowest BCUT2D eigenvalue weighted by Gasteiger charge is -2.33. The molecule has 70 valence electrons. The highest BCUT2D eigenvalue weighted by atomic mass is 16.1. The fourth-order valence-corrected chi connectivity index (χ4v) is 2.27. The van der Waals surface area contributed by atoms with Crippen molar-refractivity contribution in [3.63, 3.8) is 0 Å². The number of hydrogen-bond donors (Lipinski definition) is 0. The number of ketones is 1. The van der Waals surface area contributed by atoms with Crippen LogP contribution in [0.1, 0.15) is 39.5 Å². The average Bonchev–Trinajstić information content (AvgIpc) is 2.01. The van der Waals surface area contributed by atoms with Crippen LogP contribution in [0.15, 0.2) is 23.3 Å². The van der Waals surface area contributed by atoms with Gasteiger partial charge in [-0.15, -0.1) is 0 Å². The number of carbonyl (C=O) groups is 1. The van der Waals surface area contributed by atoms with Crippen molar-refractivity contribution in [3.8, 4) is 0 Å². The van der Waals surface area contributed by atoms with Crippen molar-refractivity contribution in [2.45, 2.75) is 39.5 Å². The molecule has 0 fully saturated rings. The van der Waals surface area contributed by atoms with Crippen LogP contribution in [0.4, 0.5) is 0 Å². The van der Waals surface area contributed by atoms with Crippen LogP contribution in [-0.4, -0.2) is 5.78 Å². The van der Waals surface area contributed by atoms with Crippen molar-refractivity contribution in [2.24, 2.45) is 5.41 Å². The first-order chi connectivity index (χ1) is 6.07. The lowest BCUT2D eigenvalue weighted by molar-refractivity contribution is -0.114. The van der Waals surface area contributed by atoms with Gasteiger partial charge >= 0.3 is 0 Å². The largest absolute Gasteiger partial charge is 0.294 e. The number of hydrogen-bond acceptors (Lipinski definition) is 1. The molecule has 1 heteroatoms. The summed E-state index contributed by atoms with van der Waals surface area (Å²) in [6, 6.07) is 0. The van der Waals surface area contributed by atoms with Gasteiger partial charge in [-0.3, -0.25) is 4.79 Å². The zero-order chi connectivity index (χ0) is 9.47. The van der Waals surface area contributed by atoms with E-state index < -0.39 is 0 Å². The smallest absolute Gasteiger partial charge is 0.159 e. The Balaban J connectivity index is 2.26. The molecule has 0 aliphatic heterocycles. The van der Waals surface area contributed by atoms with E-state index in [0.717, 1.165) is 12.8 Å². The molecule has 0 amide bonds. The van der Waals surface area contributed by atoms with Gasteiger partial charge in [-0.1, -0.05) is 25.5 Å². The average molecular weight is 176 g/mol. The highest BCUT2D eigenvalue weighted by molar-refractivity contribution is 5.93. The summed E-state index contributed by atoms with van der Waals surface area (Å²) in [5.74, 6) is 0.274. The van der Waals surface area contributed by atoms with E-state index in [1.165, 1.54) is 17.6 Å². The second kappa shape index (κ2) is 2.83. The second-order valence-electron chi connectivity index (χ2n) is 4.95. The summed E-state index contributed by atoms with van der Waals surface area (Å²) in [6.07, 6.45) is 7.96. The molecule has 13 heavy (non-hydrogen) atoms. The molecule has 0 bridgehead atoms. The van der Waals surface area contributed by atoms with Crippen LogP contribution in [0.2, 0.25) is 0 Å². The molecule has 0 radical (unpaired) electrons. The first-order valence-corrected chi connectivity index (χ1v) is 4.99.